The van der Waals surface area contributed by atoms with Crippen LogP contribution in [0.4, 0.5) is 0 Å². The molecule has 94 valence electrons. The molecule has 1 aliphatic carbocycles. The average molecular weight is 353 g/mol. The highest BCUT2D eigenvalue weighted by molar-refractivity contribution is 14.1. The fraction of sp³-hybridized carbons (Fsp3) is 0.467. The molecule has 4 rings (SSSR count). The Morgan fingerprint density at radius 1 is 1.22 bits per heavy atom. The smallest absolute Gasteiger partial charge is 0.135 e. The summed E-state index contributed by atoms with van der Waals surface area (Å²) in [6, 6.07) is 6.58. The van der Waals surface area contributed by atoms with Crippen LogP contribution in [0.1, 0.15) is 37.0 Å². The Kier molecular flexibility index (Phi) is 2.49. The van der Waals surface area contributed by atoms with Gasteiger partial charge >= 0.3 is 0 Å². The lowest BCUT2D eigenvalue weighted by Gasteiger charge is -2.33. The van der Waals surface area contributed by atoms with Crippen LogP contribution in [-0.2, 0) is 12.0 Å². The van der Waals surface area contributed by atoms with Crippen molar-refractivity contribution < 1.29 is 4.42 Å². The van der Waals surface area contributed by atoms with Gasteiger partial charge in [0.2, 0.25) is 0 Å². The second-order valence-corrected chi connectivity index (χ2v) is 6.76. The lowest BCUT2D eigenvalue weighted by Crippen LogP contribution is -2.44. The van der Waals surface area contributed by atoms with E-state index in [9.17, 15) is 0 Å². The number of hydrogen-bond donors (Lipinski definition) is 1. The molecule has 1 N–H and O–H groups in total. The van der Waals surface area contributed by atoms with Crippen LogP contribution in [-0.4, -0.2) is 6.54 Å². The van der Waals surface area contributed by atoms with Gasteiger partial charge in [0.15, 0.2) is 0 Å². The van der Waals surface area contributed by atoms with Crippen LogP contribution in [0.15, 0.2) is 22.6 Å². The molecule has 1 aromatic carbocycles. The molecule has 0 atom stereocenters. The monoisotopic (exact) mass is 353 g/mol. The van der Waals surface area contributed by atoms with Crippen molar-refractivity contribution in [2.75, 3.05) is 6.54 Å². The topological polar surface area (TPSA) is 25.2 Å². The van der Waals surface area contributed by atoms with Crippen LogP contribution >= 0.6 is 22.6 Å². The first kappa shape index (κ1) is 11.3. The summed E-state index contributed by atoms with van der Waals surface area (Å²) in [6.07, 6.45) is 6.21. The SMILES string of the molecule is Ic1ccc2c3c(oc2c1)C1(CCCC1)NCC3. The lowest BCUT2D eigenvalue weighted by atomic mass is 9.86. The van der Waals surface area contributed by atoms with Crippen LogP contribution in [0, 0.1) is 3.57 Å². The van der Waals surface area contributed by atoms with E-state index >= 15 is 0 Å². The highest BCUT2D eigenvalue weighted by atomic mass is 127. The summed E-state index contributed by atoms with van der Waals surface area (Å²) in [5.41, 5.74) is 2.68. The van der Waals surface area contributed by atoms with Crippen molar-refractivity contribution in [1.82, 2.24) is 5.32 Å². The van der Waals surface area contributed by atoms with Crippen LogP contribution in [0.25, 0.3) is 11.0 Å². The number of fused-ring (bicyclic) bond motifs is 4. The number of benzene rings is 1. The largest absolute Gasteiger partial charge is 0.459 e. The quantitative estimate of drug-likeness (QED) is 0.726. The van der Waals surface area contributed by atoms with E-state index in [2.05, 4.69) is 46.1 Å². The predicted molar refractivity (Wildman–Crippen MR) is 80.8 cm³/mol. The zero-order chi connectivity index (χ0) is 12.2. The highest BCUT2D eigenvalue weighted by Gasteiger charge is 2.42. The number of hydrogen-bond acceptors (Lipinski definition) is 2. The van der Waals surface area contributed by atoms with Gasteiger partial charge in [0.1, 0.15) is 11.3 Å². The van der Waals surface area contributed by atoms with E-state index in [0.29, 0.717) is 0 Å². The van der Waals surface area contributed by atoms with E-state index in [1.54, 1.807) is 0 Å². The van der Waals surface area contributed by atoms with E-state index in [-0.39, 0.29) is 5.54 Å². The summed E-state index contributed by atoms with van der Waals surface area (Å²) in [4.78, 5) is 0. The molecule has 18 heavy (non-hydrogen) atoms. The molecule has 2 nitrogen and oxygen atoms in total. The summed E-state index contributed by atoms with van der Waals surface area (Å²) in [6.45, 7) is 1.09. The maximum Gasteiger partial charge on any atom is 0.135 e. The first-order valence-corrected chi connectivity index (χ1v) is 7.83. The molecule has 0 radical (unpaired) electrons. The summed E-state index contributed by atoms with van der Waals surface area (Å²) in [5, 5.41) is 5.06. The van der Waals surface area contributed by atoms with Gasteiger partial charge in [-0.25, -0.2) is 0 Å². The number of halogens is 1. The molecule has 1 saturated carbocycles. The first-order chi connectivity index (χ1) is 8.78. The van der Waals surface area contributed by atoms with Crippen molar-refractivity contribution in [3.63, 3.8) is 0 Å². The molecule has 1 fully saturated rings. The third-order valence-electron chi connectivity index (χ3n) is 4.49. The van der Waals surface area contributed by atoms with Gasteiger partial charge in [-0.1, -0.05) is 12.8 Å². The molecular weight excluding hydrogens is 337 g/mol. The van der Waals surface area contributed by atoms with Gasteiger partial charge in [-0.3, -0.25) is 0 Å². The average Bonchev–Trinajstić information content (AvgIpc) is 2.95. The summed E-state index contributed by atoms with van der Waals surface area (Å²) in [5.74, 6) is 1.24. The van der Waals surface area contributed by atoms with Gasteiger partial charge in [-0.2, -0.15) is 0 Å². The molecule has 1 aromatic heterocycles. The van der Waals surface area contributed by atoms with Gasteiger partial charge < -0.3 is 9.73 Å². The van der Waals surface area contributed by atoms with Crippen LogP contribution in [0.5, 0.6) is 0 Å². The number of nitrogens with one attached hydrogen (secondary N) is 1. The zero-order valence-corrected chi connectivity index (χ0v) is 12.4. The zero-order valence-electron chi connectivity index (χ0n) is 10.3. The van der Waals surface area contributed by atoms with Crippen LogP contribution in [0.2, 0.25) is 0 Å². The summed E-state index contributed by atoms with van der Waals surface area (Å²) < 4.78 is 7.49. The molecular formula is C15H16INO. The van der Waals surface area contributed by atoms with Gasteiger partial charge in [-0.05, 0) is 60.1 Å². The molecule has 0 unspecified atom stereocenters. The van der Waals surface area contributed by atoms with Crippen molar-refractivity contribution in [1.29, 1.82) is 0 Å². The third kappa shape index (κ3) is 1.50. The fourth-order valence-corrected chi connectivity index (χ4v) is 4.11. The maximum absolute atomic E-state index is 6.24. The van der Waals surface area contributed by atoms with Gasteiger partial charge in [-0.15, -0.1) is 0 Å². The van der Waals surface area contributed by atoms with Crippen LogP contribution < -0.4 is 5.32 Å². The summed E-state index contributed by atoms with van der Waals surface area (Å²) >= 11 is 2.35. The number of rotatable bonds is 0. The lowest BCUT2D eigenvalue weighted by molar-refractivity contribution is 0.265. The Bertz CT molecular complexity index is 610. The van der Waals surface area contributed by atoms with Gasteiger partial charge in [0.25, 0.3) is 0 Å². The van der Waals surface area contributed by atoms with Crippen molar-refractivity contribution >= 4 is 33.6 Å². The predicted octanol–water partition coefficient (Wildman–Crippen LogP) is 3.95. The molecule has 1 spiro atoms. The fourth-order valence-electron chi connectivity index (χ4n) is 3.65. The van der Waals surface area contributed by atoms with E-state index in [1.165, 1.54) is 46.0 Å². The Hall–Kier alpha value is -0.550. The molecule has 2 aromatic rings. The summed E-state index contributed by atoms with van der Waals surface area (Å²) in [7, 11) is 0. The van der Waals surface area contributed by atoms with Gasteiger partial charge in [0, 0.05) is 21.1 Å². The van der Waals surface area contributed by atoms with E-state index < -0.39 is 0 Å². The van der Waals surface area contributed by atoms with Gasteiger partial charge in [0.05, 0.1) is 5.54 Å². The standard InChI is InChI=1S/C15H16INO/c16-10-3-4-11-12-5-8-17-15(6-1-2-7-15)14(12)18-13(11)9-10/h3-4,9,17H,1-2,5-8H2. The molecule has 3 heteroatoms. The first-order valence-electron chi connectivity index (χ1n) is 6.75. The molecule has 0 saturated heterocycles. The minimum atomic E-state index is 0.151. The van der Waals surface area contributed by atoms with E-state index in [1.807, 2.05) is 0 Å². The Morgan fingerprint density at radius 2 is 2.06 bits per heavy atom. The second-order valence-electron chi connectivity index (χ2n) is 5.52. The molecule has 1 aliphatic heterocycles. The van der Waals surface area contributed by atoms with Crippen molar-refractivity contribution in [2.24, 2.45) is 0 Å². The number of furan rings is 1. The molecule has 0 amide bonds. The second kappa shape index (κ2) is 3.97. The van der Waals surface area contributed by atoms with Crippen molar-refractivity contribution in [2.45, 2.75) is 37.6 Å². The van der Waals surface area contributed by atoms with Crippen LogP contribution in [0.3, 0.4) is 0 Å². The molecule has 2 aliphatic rings. The molecule has 0 bridgehead atoms. The van der Waals surface area contributed by atoms with E-state index in [4.69, 9.17) is 4.42 Å². The Balaban J connectivity index is 1.98. The van der Waals surface area contributed by atoms with Crippen molar-refractivity contribution in [3.8, 4) is 0 Å². The Morgan fingerprint density at radius 3 is 2.89 bits per heavy atom. The normalized spacial score (nSPS) is 21.6. The Labute approximate surface area is 120 Å². The minimum absolute atomic E-state index is 0.151. The highest BCUT2D eigenvalue weighted by Crippen LogP contribution is 2.45. The maximum atomic E-state index is 6.24. The molecule has 2 heterocycles. The van der Waals surface area contributed by atoms with E-state index in [0.717, 1.165) is 18.5 Å². The minimum Gasteiger partial charge on any atom is -0.459 e. The third-order valence-corrected chi connectivity index (χ3v) is 5.16. The van der Waals surface area contributed by atoms with Crippen molar-refractivity contribution in [3.05, 3.63) is 33.1 Å².